The molecular weight excluding hydrogens is 641 g/mol. The minimum absolute atomic E-state index is 0.652. The van der Waals surface area contributed by atoms with Gasteiger partial charge in [-0.15, -0.1) is 11.3 Å². The van der Waals surface area contributed by atoms with E-state index in [1.165, 1.54) is 52.8 Å². The van der Waals surface area contributed by atoms with Gasteiger partial charge < -0.3 is 4.57 Å². The lowest BCUT2D eigenvalue weighted by atomic mass is 10.1. The predicted molar refractivity (Wildman–Crippen MR) is 214 cm³/mol. The highest BCUT2D eigenvalue weighted by molar-refractivity contribution is 7.25. The first-order chi connectivity index (χ1) is 25.3. The van der Waals surface area contributed by atoms with Crippen LogP contribution in [-0.4, -0.2) is 19.1 Å². The molecule has 0 atom stereocenters. The van der Waals surface area contributed by atoms with Crippen LogP contribution in [0, 0.1) is 0 Å². The van der Waals surface area contributed by atoms with Crippen molar-refractivity contribution in [1.82, 2.24) is 19.1 Å². The van der Waals surface area contributed by atoms with Gasteiger partial charge in [-0.3, -0.25) is 4.57 Å². The molecule has 0 spiro atoms. The summed E-state index contributed by atoms with van der Waals surface area (Å²) in [6, 6.07) is 60.5. The third-order valence-corrected chi connectivity index (χ3v) is 11.3. The Balaban J connectivity index is 1.23. The zero-order valence-electron chi connectivity index (χ0n) is 27.4. The third kappa shape index (κ3) is 4.25. The van der Waals surface area contributed by atoms with Crippen molar-refractivity contribution in [2.45, 2.75) is 0 Å². The van der Waals surface area contributed by atoms with Crippen LogP contribution in [0.5, 0.6) is 0 Å². The molecule has 238 valence electrons. The fraction of sp³-hybridized carbons (Fsp3) is 0. The maximum Gasteiger partial charge on any atom is 0.235 e. The number of hydrogen-bond donors (Lipinski definition) is 0. The fourth-order valence-corrected chi connectivity index (χ4v) is 9.00. The molecule has 4 aromatic heterocycles. The fourth-order valence-electron chi connectivity index (χ4n) is 7.91. The van der Waals surface area contributed by atoms with Crippen LogP contribution in [-0.2, 0) is 0 Å². The summed E-state index contributed by atoms with van der Waals surface area (Å²) < 4.78 is 7.30. The van der Waals surface area contributed by atoms with Gasteiger partial charge in [-0.25, -0.2) is 9.97 Å². The van der Waals surface area contributed by atoms with E-state index >= 15 is 0 Å². The lowest BCUT2D eigenvalue weighted by Gasteiger charge is -2.12. The van der Waals surface area contributed by atoms with Crippen LogP contribution in [0.4, 0.5) is 0 Å². The molecule has 0 fully saturated rings. The second kappa shape index (κ2) is 11.0. The molecule has 0 aliphatic rings. The molecular formula is C46H28N4S. The number of thiophene rings is 1. The Morgan fingerprint density at radius 3 is 1.53 bits per heavy atom. The lowest BCUT2D eigenvalue weighted by Crippen LogP contribution is -2.04. The zero-order valence-corrected chi connectivity index (χ0v) is 28.2. The SMILES string of the molecule is c1ccc(-c2cc(-c3ccccc3)nc(-n3c4ccccc4c4c5c6ccccc6n(-c6ccc7sc8ccccc8c7c6)c5ccc43)n2)cc1. The van der Waals surface area contributed by atoms with Crippen LogP contribution in [0.3, 0.4) is 0 Å². The Morgan fingerprint density at radius 1 is 0.373 bits per heavy atom. The monoisotopic (exact) mass is 668 g/mol. The summed E-state index contributed by atoms with van der Waals surface area (Å²) in [6.45, 7) is 0. The van der Waals surface area contributed by atoms with Gasteiger partial charge in [0.05, 0.1) is 33.5 Å². The highest BCUT2D eigenvalue weighted by Gasteiger charge is 2.22. The predicted octanol–water partition coefficient (Wildman–Crippen LogP) is 12.4. The van der Waals surface area contributed by atoms with Crippen molar-refractivity contribution < 1.29 is 0 Å². The molecule has 0 bridgehead atoms. The first kappa shape index (κ1) is 28.3. The maximum atomic E-state index is 5.26. The molecule has 0 radical (unpaired) electrons. The minimum atomic E-state index is 0.652. The van der Waals surface area contributed by atoms with E-state index in [0.29, 0.717) is 5.95 Å². The normalized spacial score (nSPS) is 11.9. The topological polar surface area (TPSA) is 35.6 Å². The zero-order chi connectivity index (χ0) is 33.5. The average molecular weight is 669 g/mol. The van der Waals surface area contributed by atoms with E-state index in [0.717, 1.165) is 39.2 Å². The first-order valence-corrected chi connectivity index (χ1v) is 18.0. The number of aromatic nitrogens is 4. The van der Waals surface area contributed by atoms with Gasteiger partial charge in [-0.05, 0) is 54.6 Å². The summed E-state index contributed by atoms with van der Waals surface area (Å²) in [4.78, 5) is 10.5. The molecule has 0 aliphatic heterocycles. The summed E-state index contributed by atoms with van der Waals surface area (Å²) in [5.41, 5.74) is 9.56. The Kier molecular flexibility index (Phi) is 6.09. The third-order valence-electron chi connectivity index (χ3n) is 10.1. The molecule has 0 saturated heterocycles. The van der Waals surface area contributed by atoms with Gasteiger partial charge in [0.1, 0.15) is 0 Å². The molecule has 11 rings (SSSR count). The highest BCUT2D eigenvalue weighted by atomic mass is 32.1. The van der Waals surface area contributed by atoms with Crippen LogP contribution in [0.2, 0.25) is 0 Å². The molecule has 51 heavy (non-hydrogen) atoms. The largest absolute Gasteiger partial charge is 0.309 e. The highest BCUT2D eigenvalue weighted by Crippen LogP contribution is 2.43. The number of benzene rings is 7. The molecule has 0 aliphatic carbocycles. The van der Waals surface area contributed by atoms with Crippen LogP contribution in [0.1, 0.15) is 0 Å². The van der Waals surface area contributed by atoms with Crippen molar-refractivity contribution in [1.29, 1.82) is 0 Å². The van der Waals surface area contributed by atoms with Crippen molar-refractivity contribution in [2.24, 2.45) is 0 Å². The Hall–Kier alpha value is -6.56. The lowest BCUT2D eigenvalue weighted by molar-refractivity contribution is 0.996. The van der Waals surface area contributed by atoms with Crippen molar-refractivity contribution in [3.05, 3.63) is 170 Å². The molecule has 11 aromatic rings. The summed E-state index contributed by atoms with van der Waals surface area (Å²) in [5.74, 6) is 0.652. The number of para-hydroxylation sites is 2. The number of nitrogens with zero attached hydrogens (tertiary/aromatic N) is 4. The van der Waals surface area contributed by atoms with E-state index in [1.807, 2.05) is 23.5 Å². The van der Waals surface area contributed by atoms with E-state index in [4.69, 9.17) is 9.97 Å². The number of hydrogen-bond acceptors (Lipinski definition) is 3. The van der Waals surface area contributed by atoms with E-state index in [2.05, 4.69) is 167 Å². The first-order valence-electron chi connectivity index (χ1n) is 17.2. The smallest absolute Gasteiger partial charge is 0.235 e. The molecule has 0 amide bonds. The van der Waals surface area contributed by atoms with Gasteiger partial charge >= 0.3 is 0 Å². The summed E-state index contributed by atoms with van der Waals surface area (Å²) >= 11 is 1.85. The quantitative estimate of drug-likeness (QED) is 0.187. The standard InChI is InChI=1S/C46H28N4S/c1-3-13-29(14-4-1)36-28-37(30-15-5-2-6-16-30)48-46(47-36)50-39-21-11-8-19-34(39)45-41(50)25-24-40-44(45)33-18-7-10-20-38(33)49(40)31-23-26-43-35(27-31)32-17-9-12-22-42(32)51-43/h1-28H. The van der Waals surface area contributed by atoms with Gasteiger partial charge in [-0.2, -0.15) is 0 Å². The Bertz CT molecular complexity index is 3080. The molecule has 5 heteroatoms. The van der Waals surface area contributed by atoms with Crippen LogP contribution >= 0.6 is 11.3 Å². The van der Waals surface area contributed by atoms with Crippen LogP contribution < -0.4 is 0 Å². The molecule has 4 heterocycles. The molecule has 0 N–H and O–H groups in total. The second-order valence-electron chi connectivity index (χ2n) is 13.0. The van der Waals surface area contributed by atoms with E-state index in [1.54, 1.807) is 0 Å². The van der Waals surface area contributed by atoms with Crippen molar-refractivity contribution >= 4 is 75.1 Å². The Labute approximate surface area is 297 Å². The average Bonchev–Trinajstić information content (AvgIpc) is 3.85. The summed E-state index contributed by atoms with van der Waals surface area (Å²) in [7, 11) is 0. The number of rotatable bonds is 4. The van der Waals surface area contributed by atoms with Crippen molar-refractivity contribution in [2.75, 3.05) is 0 Å². The van der Waals surface area contributed by atoms with Gasteiger partial charge in [0.15, 0.2) is 0 Å². The molecule has 0 saturated carbocycles. The van der Waals surface area contributed by atoms with Crippen molar-refractivity contribution in [3.8, 4) is 34.2 Å². The number of fused-ring (bicyclic) bond motifs is 10. The maximum absolute atomic E-state index is 5.26. The van der Waals surface area contributed by atoms with E-state index in [-0.39, 0.29) is 0 Å². The second-order valence-corrected chi connectivity index (χ2v) is 14.1. The van der Waals surface area contributed by atoms with Gasteiger partial charge in [0, 0.05) is 58.5 Å². The molecule has 0 unspecified atom stereocenters. The van der Waals surface area contributed by atoms with E-state index in [9.17, 15) is 0 Å². The Morgan fingerprint density at radius 2 is 0.882 bits per heavy atom. The summed E-state index contributed by atoms with van der Waals surface area (Å²) in [5, 5.41) is 7.43. The van der Waals surface area contributed by atoms with Gasteiger partial charge in [-0.1, -0.05) is 115 Å². The van der Waals surface area contributed by atoms with Crippen LogP contribution in [0.15, 0.2) is 170 Å². The molecule has 4 nitrogen and oxygen atoms in total. The molecule has 7 aromatic carbocycles. The minimum Gasteiger partial charge on any atom is -0.309 e. The van der Waals surface area contributed by atoms with Gasteiger partial charge in [0.25, 0.3) is 0 Å². The van der Waals surface area contributed by atoms with Crippen molar-refractivity contribution in [3.63, 3.8) is 0 Å². The van der Waals surface area contributed by atoms with Crippen LogP contribution in [0.25, 0.3) is 97.9 Å². The van der Waals surface area contributed by atoms with Gasteiger partial charge in [0.2, 0.25) is 5.95 Å². The summed E-state index contributed by atoms with van der Waals surface area (Å²) in [6.07, 6.45) is 0. The van der Waals surface area contributed by atoms with E-state index < -0.39 is 0 Å².